The quantitative estimate of drug-likeness (QED) is 0.341. The summed E-state index contributed by atoms with van der Waals surface area (Å²) in [5, 5.41) is 13.3. The molecule has 1 fully saturated rings. The number of carbonyl (C=O) groups excluding carboxylic acids is 2. The first-order chi connectivity index (χ1) is 16.0. The van der Waals surface area contributed by atoms with Crippen LogP contribution in [-0.4, -0.2) is 49.2 Å². The van der Waals surface area contributed by atoms with Gasteiger partial charge in [0.2, 0.25) is 10.0 Å². The Hall–Kier alpha value is -3.02. The van der Waals surface area contributed by atoms with E-state index in [4.69, 9.17) is 16.3 Å². The van der Waals surface area contributed by atoms with Crippen molar-refractivity contribution < 1.29 is 27.7 Å². The molecule has 0 spiro atoms. The zero-order valence-corrected chi connectivity index (χ0v) is 20.1. The van der Waals surface area contributed by atoms with Crippen LogP contribution in [0.2, 0.25) is 5.02 Å². The van der Waals surface area contributed by atoms with E-state index in [-0.39, 0.29) is 38.7 Å². The maximum absolute atomic E-state index is 12.9. The fourth-order valence-corrected chi connectivity index (χ4v) is 5.68. The number of halogens is 1. The van der Waals surface area contributed by atoms with Gasteiger partial charge in [-0.25, -0.2) is 13.2 Å². The molecule has 12 heteroatoms. The zero-order chi connectivity index (χ0) is 25.0. The minimum Gasteiger partial charge on any atom is -0.452 e. The first-order valence-corrected chi connectivity index (χ1v) is 12.3. The van der Waals surface area contributed by atoms with Gasteiger partial charge in [0.25, 0.3) is 11.6 Å². The molecule has 1 heterocycles. The van der Waals surface area contributed by atoms with Crippen LogP contribution in [0.3, 0.4) is 0 Å². The largest absolute Gasteiger partial charge is 0.452 e. The number of carbonyl (C=O) groups is 2. The average molecular weight is 510 g/mol. The Bertz CT molecular complexity index is 1190. The molecule has 0 aromatic heterocycles. The highest BCUT2D eigenvalue weighted by Crippen LogP contribution is 2.28. The van der Waals surface area contributed by atoms with E-state index in [1.165, 1.54) is 40.7 Å². The highest BCUT2D eigenvalue weighted by molar-refractivity contribution is 7.89. The van der Waals surface area contributed by atoms with Crippen LogP contribution >= 0.6 is 11.6 Å². The van der Waals surface area contributed by atoms with Crippen LogP contribution in [0, 0.1) is 22.0 Å². The molecule has 1 aliphatic rings. The summed E-state index contributed by atoms with van der Waals surface area (Å²) in [7, 11) is -3.69. The molecule has 2 atom stereocenters. The van der Waals surface area contributed by atoms with E-state index in [1.54, 1.807) is 0 Å². The Morgan fingerprint density at radius 3 is 2.35 bits per heavy atom. The molecular weight excluding hydrogens is 486 g/mol. The van der Waals surface area contributed by atoms with Crippen LogP contribution in [0.4, 0.5) is 11.4 Å². The minimum atomic E-state index is -3.69. The van der Waals surface area contributed by atoms with Gasteiger partial charge in [-0.05, 0) is 48.6 Å². The van der Waals surface area contributed by atoms with Gasteiger partial charge in [-0.15, -0.1) is 0 Å². The molecule has 0 saturated carbocycles. The number of anilines is 1. The maximum atomic E-state index is 12.9. The molecule has 2 unspecified atom stereocenters. The number of esters is 1. The number of hydrogen-bond acceptors (Lipinski definition) is 7. The smallest absolute Gasteiger partial charge is 0.338 e. The second-order valence-corrected chi connectivity index (χ2v) is 10.7. The Kier molecular flexibility index (Phi) is 7.90. The maximum Gasteiger partial charge on any atom is 0.338 e. The molecular formula is C22H24ClN3O7S. The molecule has 3 rings (SSSR count). The van der Waals surface area contributed by atoms with Crippen LogP contribution in [0.1, 0.15) is 30.6 Å². The highest BCUT2D eigenvalue weighted by Gasteiger charge is 2.31. The van der Waals surface area contributed by atoms with Crippen LogP contribution in [0.5, 0.6) is 0 Å². The van der Waals surface area contributed by atoms with Gasteiger partial charge in [0.05, 0.1) is 26.1 Å². The number of nitrogens with one attached hydrogen (secondary N) is 1. The topological polar surface area (TPSA) is 136 Å². The van der Waals surface area contributed by atoms with E-state index in [0.29, 0.717) is 13.1 Å². The standard InChI is InChI=1S/C22H24ClN3O7S/c1-14-9-15(2)12-25(11-14)34(31,32)18-6-3-16(4-7-18)22(28)33-13-21(27)24-20-10-17(26(29)30)5-8-19(20)23/h3-8,10,14-15H,9,11-13H2,1-2H3,(H,24,27). The number of sulfonamides is 1. The zero-order valence-electron chi connectivity index (χ0n) is 18.6. The monoisotopic (exact) mass is 509 g/mol. The number of nitrogens with zero attached hydrogens (tertiary/aromatic N) is 2. The summed E-state index contributed by atoms with van der Waals surface area (Å²) in [5.74, 6) is -1.06. The van der Waals surface area contributed by atoms with Crippen molar-refractivity contribution >= 4 is 44.9 Å². The Morgan fingerprint density at radius 1 is 1.15 bits per heavy atom. The fraction of sp³-hybridized carbons (Fsp3) is 0.364. The van der Waals surface area contributed by atoms with Gasteiger partial charge in [-0.1, -0.05) is 25.4 Å². The van der Waals surface area contributed by atoms with Crippen LogP contribution in [-0.2, 0) is 19.6 Å². The molecule has 0 radical (unpaired) electrons. The molecule has 34 heavy (non-hydrogen) atoms. The summed E-state index contributed by atoms with van der Waals surface area (Å²) in [4.78, 5) is 34.7. The lowest BCUT2D eigenvalue weighted by atomic mass is 9.94. The second-order valence-electron chi connectivity index (χ2n) is 8.34. The number of piperidine rings is 1. The van der Waals surface area contributed by atoms with Gasteiger partial charge in [0.15, 0.2) is 6.61 Å². The van der Waals surface area contributed by atoms with Crippen LogP contribution in [0.15, 0.2) is 47.4 Å². The molecule has 1 aliphatic heterocycles. The van der Waals surface area contributed by atoms with E-state index in [9.17, 15) is 28.1 Å². The van der Waals surface area contributed by atoms with E-state index in [0.717, 1.165) is 12.5 Å². The van der Waals surface area contributed by atoms with Gasteiger partial charge in [-0.3, -0.25) is 14.9 Å². The molecule has 0 bridgehead atoms. The van der Waals surface area contributed by atoms with Crippen molar-refractivity contribution in [1.29, 1.82) is 0 Å². The summed E-state index contributed by atoms with van der Waals surface area (Å²) >= 11 is 5.93. The first kappa shape index (κ1) is 25.6. The third kappa shape index (κ3) is 6.10. The number of hydrogen-bond donors (Lipinski definition) is 1. The molecule has 10 nitrogen and oxygen atoms in total. The highest BCUT2D eigenvalue weighted by atomic mass is 35.5. The fourth-order valence-electron chi connectivity index (χ4n) is 3.84. The van der Waals surface area contributed by atoms with Crippen molar-refractivity contribution in [2.45, 2.75) is 25.2 Å². The molecule has 0 aliphatic carbocycles. The van der Waals surface area contributed by atoms with Crippen molar-refractivity contribution in [3.8, 4) is 0 Å². The van der Waals surface area contributed by atoms with E-state index >= 15 is 0 Å². The van der Waals surface area contributed by atoms with Crippen molar-refractivity contribution in [2.24, 2.45) is 11.8 Å². The predicted molar refractivity (Wildman–Crippen MR) is 125 cm³/mol. The molecule has 1 saturated heterocycles. The molecule has 182 valence electrons. The van der Waals surface area contributed by atoms with Crippen LogP contribution in [0.25, 0.3) is 0 Å². The van der Waals surface area contributed by atoms with E-state index in [1.807, 2.05) is 13.8 Å². The number of rotatable bonds is 7. The van der Waals surface area contributed by atoms with Crippen molar-refractivity contribution in [2.75, 3.05) is 25.0 Å². The Balaban J connectivity index is 1.60. The number of nitro benzene ring substituents is 1. The van der Waals surface area contributed by atoms with Gasteiger partial charge in [0, 0.05) is 25.2 Å². The summed E-state index contributed by atoms with van der Waals surface area (Å²) in [5.41, 5.74) is -0.187. The number of amides is 1. The Labute approximate surface area is 202 Å². The molecule has 1 N–H and O–H groups in total. The molecule has 2 aromatic carbocycles. The minimum absolute atomic E-state index is 0.00725. The summed E-state index contributed by atoms with van der Waals surface area (Å²) in [6, 6.07) is 8.85. The van der Waals surface area contributed by atoms with Gasteiger partial charge < -0.3 is 10.1 Å². The lowest BCUT2D eigenvalue weighted by Crippen LogP contribution is -2.42. The van der Waals surface area contributed by atoms with Gasteiger partial charge in [-0.2, -0.15) is 4.31 Å². The van der Waals surface area contributed by atoms with E-state index < -0.39 is 33.4 Å². The van der Waals surface area contributed by atoms with Gasteiger partial charge in [0.1, 0.15) is 0 Å². The third-order valence-electron chi connectivity index (χ3n) is 5.33. The molecule has 1 amide bonds. The average Bonchev–Trinajstić information content (AvgIpc) is 2.78. The van der Waals surface area contributed by atoms with Crippen LogP contribution < -0.4 is 5.32 Å². The number of nitro groups is 1. The second kappa shape index (κ2) is 10.5. The normalized spacial score (nSPS) is 18.8. The first-order valence-electron chi connectivity index (χ1n) is 10.5. The number of ether oxygens (including phenoxy) is 1. The lowest BCUT2D eigenvalue weighted by molar-refractivity contribution is -0.384. The summed E-state index contributed by atoms with van der Waals surface area (Å²) in [6.45, 7) is 4.25. The lowest BCUT2D eigenvalue weighted by Gasteiger charge is -2.34. The summed E-state index contributed by atoms with van der Waals surface area (Å²) < 4.78 is 32.3. The van der Waals surface area contributed by atoms with Crippen molar-refractivity contribution in [1.82, 2.24) is 4.31 Å². The summed E-state index contributed by atoms with van der Waals surface area (Å²) in [6.07, 6.45) is 0.970. The third-order valence-corrected chi connectivity index (χ3v) is 7.51. The van der Waals surface area contributed by atoms with Gasteiger partial charge >= 0.3 is 5.97 Å². The van der Waals surface area contributed by atoms with Crippen molar-refractivity contribution in [3.63, 3.8) is 0 Å². The predicted octanol–water partition coefficient (Wildman–Crippen LogP) is 3.71. The number of non-ortho nitro benzene ring substituents is 1. The van der Waals surface area contributed by atoms with Crippen molar-refractivity contribution in [3.05, 3.63) is 63.2 Å². The van der Waals surface area contributed by atoms with E-state index in [2.05, 4.69) is 5.32 Å². The number of benzene rings is 2. The molecule has 2 aromatic rings. The Morgan fingerprint density at radius 2 is 1.76 bits per heavy atom. The SMILES string of the molecule is CC1CC(C)CN(S(=O)(=O)c2ccc(C(=O)OCC(=O)Nc3cc([N+](=O)[O-])ccc3Cl)cc2)C1.